The highest BCUT2D eigenvalue weighted by Crippen LogP contribution is 2.22. The van der Waals surface area contributed by atoms with Crippen LogP contribution in [0.5, 0.6) is 0 Å². The molecule has 1 aliphatic rings. The molecule has 0 radical (unpaired) electrons. The fraction of sp³-hybridized carbons (Fsp3) is 0.438. The largest absolute Gasteiger partial charge is 0.383 e. The summed E-state index contributed by atoms with van der Waals surface area (Å²) in [5.74, 6) is 0.664. The zero-order valence-electron chi connectivity index (χ0n) is 12.2. The lowest BCUT2D eigenvalue weighted by molar-refractivity contribution is 0.265. The van der Waals surface area contributed by atoms with Gasteiger partial charge in [0.2, 0.25) is 0 Å². The van der Waals surface area contributed by atoms with E-state index in [1.807, 2.05) is 18.2 Å². The molecule has 0 amide bonds. The van der Waals surface area contributed by atoms with E-state index in [0.717, 1.165) is 30.7 Å². The number of nitrogens with zero attached hydrogens (tertiary/aromatic N) is 3. The molecule has 1 aromatic carbocycles. The number of nitrogen functional groups attached to an aromatic ring is 1. The number of fused-ring (bicyclic) bond motifs is 1. The Morgan fingerprint density at radius 1 is 1.35 bits per heavy atom. The van der Waals surface area contributed by atoms with E-state index in [-0.39, 0.29) is 0 Å². The van der Waals surface area contributed by atoms with Gasteiger partial charge in [0, 0.05) is 36.6 Å². The molecule has 3 rings (SSSR count). The van der Waals surface area contributed by atoms with Crippen LogP contribution in [-0.2, 0) is 6.54 Å². The summed E-state index contributed by atoms with van der Waals surface area (Å²) in [6.07, 6.45) is 1.23. The standard InChI is InChI=1S/C16H22N4/c1-19(2)14-7-8-20(11-14)10-13-9-12-5-3-4-6-15(12)18-16(13)17/h3-6,9,14H,7-8,10-11H2,1-2H3,(H2,17,18). The van der Waals surface area contributed by atoms with Crippen molar-refractivity contribution in [1.82, 2.24) is 14.8 Å². The molecule has 1 aliphatic heterocycles. The van der Waals surface area contributed by atoms with Crippen LogP contribution in [0.25, 0.3) is 10.9 Å². The molecule has 0 saturated carbocycles. The van der Waals surface area contributed by atoms with Gasteiger partial charge in [0.15, 0.2) is 0 Å². The Labute approximate surface area is 120 Å². The molecule has 0 aliphatic carbocycles. The molecule has 106 valence electrons. The van der Waals surface area contributed by atoms with Gasteiger partial charge in [0.05, 0.1) is 5.52 Å². The maximum atomic E-state index is 6.11. The molecule has 20 heavy (non-hydrogen) atoms. The maximum absolute atomic E-state index is 6.11. The fourth-order valence-electron chi connectivity index (χ4n) is 2.92. The first-order valence-corrected chi connectivity index (χ1v) is 7.16. The molecule has 2 N–H and O–H groups in total. The topological polar surface area (TPSA) is 45.4 Å². The van der Waals surface area contributed by atoms with Gasteiger partial charge in [-0.2, -0.15) is 0 Å². The van der Waals surface area contributed by atoms with Crippen LogP contribution in [0, 0.1) is 0 Å². The van der Waals surface area contributed by atoms with Gasteiger partial charge >= 0.3 is 0 Å². The van der Waals surface area contributed by atoms with Crippen molar-refractivity contribution in [2.75, 3.05) is 32.9 Å². The van der Waals surface area contributed by atoms with Crippen LogP contribution in [0.15, 0.2) is 30.3 Å². The Kier molecular flexibility index (Phi) is 3.59. The number of likely N-dealkylation sites (tertiary alicyclic amines) is 1. The summed E-state index contributed by atoms with van der Waals surface area (Å²) in [6.45, 7) is 3.14. The number of hydrogen-bond acceptors (Lipinski definition) is 4. The molecule has 4 nitrogen and oxygen atoms in total. The second kappa shape index (κ2) is 5.38. The normalized spacial score (nSPS) is 20.1. The lowest BCUT2D eigenvalue weighted by atomic mass is 10.1. The van der Waals surface area contributed by atoms with Gasteiger partial charge in [0.25, 0.3) is 0 Å². The van der Waals surface area contributed by atoms with Gasteiger partial charge in [-0.05, 0) is 32.6 Å². The third-order valence-corrected chi connectivity index (χ3v) is 4.21. The zero-order valence-corrected chi connectivity index (χ0v) is 12.2. The average molecular weight is 270 g/mol. The molecule has 1 fully saturated rings. The first kappa shape index (κ1) is 13.3. The van der Waals surface area contributed by atoms with Crippen LogP contribution in [0.1, 0.15) is 12.0 Å². The van der Waals surface area contributed by atoms with Crippen LogP contribution in [0.3, 0.4) is 0 Å². The van der Waals surface area contributed by atoms with Crippen LogP contribution in [0.2, 0.25) is 0 Å². The summed E-state index contributed by atoms with van der Waals surface area (Å²) in [7, 11) is 4.31. The zero-order chi connectivity index (χ0) is 14.1. The van der Waals surface area contributed by atoms with E-state index in [2.05, 4.69) is 41.0 Å². The quantitative estimate of drug-likeness (QED) is 0.926. The molecule has 0 spiro atoms. The van der Waals surface area contributed by atoms with E-state index in [1.54, 1.807) is 0 Å². The number of pyridine rings is 1. The molecule has 1 unspecified atom stereocenters. The SMILES string of the molecule is CN(C)C1CCN(Cc2cc3ccccc3nc2N)C1. The second-order valence-electron chi connectivity index (χ2n) is 5.87. The monoisotopic (exact) mass is 270 g/mol. The Bertz CT molecular complexity index is 608. The molecule has 1 saturated heterocycles. The van der Waals surface area contributed by atoms with Crippen molar-refractivity contribution in [2.45, 2.75) is 19.0 Å². The Morgan fingerprint density at radius 3 is 2.90 bits per heavy atom. The van der Waals surface area contributed by atoms with E-state index in [1.165, 1.54) is 11.8 Å². The first-order chi connectivity index (χ1) is 9.63. The molecular formula is C16H22N4. The maximum Gasteiger partial charge on any atom is 0.128 e. The van der Waals surface area contributed by atoms with E-state index < -0.39 is 0 Å². The third-order valence-electron chi connectivity index (χ3n) is 4.21. The summed E-state index contributed by atoms with van der Waals surface area (Å²) in [5.41, 5.74) is 8.23. The number of anilines is 1. The lowest BCUT2D eigenvalue weighted by Gasteiger charge is -2.20. The lowest BCUT2D eigenvalue weighted by Crippen LogP contribution is -2.31. The Hall–Kier alpha value is -1.65. The fourth-order valence-corrected chi connectivity index (χ4v) is 2.92. The van der Waals surface area contributed by atoms with E-state index >= 15 is 0 Å². The predicted molar refractivity (Wildman–Crippen MR) is 83.5 cm³/mol. The highest BCUT2D eigenvalue weighted by molar-refractivity contribution is 5.81. The van der Waals surface area contributed by atoms with Gasteiger partial charge in [-0.1, -0.05) is 18.2 Å². The van der Waals surface area contributed by atoms with Crippen molar-refractivity contribution in [1.29, 1.82) is 0 Å². The third kappa shape index (κ3) is 2.62. The number of nitrogens with two attached hydrogens (primary N) is 1. The van der Waals surface area contributed by atoms with Gasteiger partial charge in [-0.15, -0.1) is 0 Å². The predicted octanol–water partition coefficient (Wildman–Crippen LogP) is 1.95. The number of para-hydroxylation sites is 1. The van der Waals surface area contributed by atoms with Gasteiger partial charge in [0.1, 0.15) is 5.82 Å². The highest BCUT2D eigenvalue weighted by Gasteiger charge is 2.24. The van der Waals surface area contributed by atoms with Crippen molar-refractivity contribution in [3.8, 4) is 0 Å². The summed E-state index contributed by atoms with van der Waals surface area (Å²) >= 11 is 0. The molecule has 1 atom stereocenters. The van der Waals surface area contributed by atoms with Gasteiger partial charge in [-0.25, -0.2) is 4.98 Å². The number of likely N-dealkylation sites (N-methyl/N-ethyl adjacent to an activating group) is 1. The smallest absolute Gasteiger partial charge is 0.128 e. The van der Waals surface area contributed by atoms with Gasteiger partial charge < -0.3 is 10.6 Å². The summed E-state index contributed by atoms with van der Waals surface area (Å²) in [6, 6.07) is 11.0. The number of aromatic nitrogens is 1. The molecule has 0 bridgehead atoms. The van der Waals surface area contributed by atoms with Gasteiger partial charge in [-0.3, -0.25) is 4.90 Å². The van der Waals surface area contributed by atoms with E-state index in [0.29, 0.717) is 11.9 Å². The summed E-state index contributed by atoms with van der Waals surface area (Å²) < 4.78 is 0. The number of rotatable bonds is 3. The number of benzene rings is 1. The van der Waals surface area contributed by atoms with Crippen LogP contribution in [0.4, 0.5) is 5.82 Å². The van der Waals surface area contributed by atoms with E-state index in [4.69, 9.17) is 5.73 Å². The Morgan fingerprint density at radius 2 is 2.15 bits per heavy atom. The van der Waals surface area contributed by atoms with Crippen molar-refractivity contribution in [2.24, 2.45) is 0 Å². The van der Waals surface area contributed by atoms with Crippen molar-refractivity contribution in [3.05, 3.63) is 35.9 Å². The van der Waals surface area contributed by atoms with E-state index in [9.17, 15) is 0 Å². The Balaban J connectivity index is 1.79. The summed E-state index contributed by atoms with van der Waals surface area (Å²) in [5, 5.41) is 1.17. The minimum atomic E-state index is 0.657. The number of hydrogen-bond donors (Lipinski definition) is 1. The van der Waals surface area contributed by atoms with Crippen LogP contribution < -0.4 is 5.73 Å². The molecule has 1 aromatic heterocycles. The molecule has 4 heteroatoms. The van der Waals surface area contributed by atoms with Crippen molar-refractivity contribution < 1.29 is 0 Å². The van der Waals surface area contributed by atoms with Crippen molar-refractivity contribution >= 4 is 16.7 Å². The second-order valence-corrected chi connectivity index (χ2v) is 5.87. The first-order valence-electron chi connectivity index (χ1n) is 7.16. The summed E-state index contributed by atoms with van der Waals surface area (Å²) in [4.78, 5) is 9.29. The minimum Gasteiger partial charge on any atom is -0.383 e. The molecule has 2 heterocycles. The van der Waals surface area contributed by atoms with Crippen molar-refractivity contribution in [3.63, 3.8) is 0 Å². The average Bonchev–Trinajstić information content (AvgIpc) is 2.88. The minimum absolute atomic E-state index is 0.657. The highest BCUT2D eigenvalue weighted by atomic mass is 15.2. The molecule has 2 aromatic rings. The van der Waals surface area contributed by atoms with Crippen LogP contribution in [-0.4, -0.2) is 48.0 Å². The molecular weight excluding hydrogens is 248 g/mol. The van der Waals surface area contributed by atoms with Crippen LogP contribution >= 0.6 is 0 Å².